The van der Waals surface area contributed by atoms with E-state index in [0.29, 0.717) is 18.7 Å². The van der Waals surface area contributed by atoms with Crippen molar-refractivity contribution in [3.8, 4) is 11.5 Å². The summed E-state index contributed by atoms with van der Waals surface area (Å²) in [5.74, 6) is 0.554. The van der Waals surface area contributed by atoms with Crippen LogP contribution < -0.4 is 10.1 Å². The van der Waals surface area contributed by atoms with Gasteiger partial charge in [0.2, 0.25) is 0 Å². The van der Waals surface area contributed by atoms with Crippen molar-refractivity contribution in [1.82, 2.24) is 5.32 Å². The fraction of sp³-hybridized carbons (Fsp3) is 0.250. The van der Waals surface area contributed by atoms with E-state index in [4.69, 9.17) is 4.74 Å². The predicted octanol–water partition coefficient (Wildman–Crippen LogP) is 3.26. The van der Waals surface area contributed by atoms with E-state index in [1.54, 1.807) is 0 Å². The molecule has 0 amide bonds. The van der Waals surface area contributed by atoms with Gasteiger partial charge in [0.15, 0.2) is 0 Å². The number of para-hydroxylation sites is 1. The van der Waals surface area contributed by atoms with Crippen LogP contribution >= 0.6 is 0 Å². The van der Waals surface area contributed by atoms with Crippen LogP contribution in [0, 0.1) is 5.82 Å². The van der Waals surface area contributed by atoms with Crippen LogP contribution in [0.15, 0.2) is 48.5 Å². The molecule has 4 heteroatoms. The van der Waals surface area contributed by atoms with Crippen LogP contribution in [0.2, 0.25) is 0 Å². The van der Waals surface area contributed by atoms with Crippen LogP contribution in [0.3, 0.4) is 0 Å². The zero-order valence-corrected chi connectivity index (χ0v) is 11.3. The van der Waals surface area contributed by atoms with E-state index in [0.717, 1.165) is 5.75 Å². The molecule has 0 aliphatic carbocycles. The van der Waals surface area contributed by atoms with Gasteiger partial charge in [0, 0.05) is 18.2 Å². The Morgan fingerprint density at radius 2 is 1.95 bits per heavy atom. The van der Waals surface area contributed by atoms with E-state index >= 15 is 0 Å². The molecule has 0 fully saturated rings. The zero-order valence-electron chi connectivity index (χ0n) is 11.3. The van der Waals surface area contributed by atoms with Gasteiger partial charge in [-0.05, 0) is 37.3 Å². The van der Waals surface area contributed by atoms with Crippen molar-refractivity contribution in [3.63, 3.8) is 0 Å². The third-order valence-corrected chi connectivity index (χ3v) is 3.02. The molecule has 106 valence electrons. The van der Waals surface area contributed by atoms with Crippen LogP contribution in [-0.4, -0.2) is 18.3 Å². The minimum absolute atomic E-state index is 0.0929. The first-order valence-corrected chi connectivity index (χ1v) is 6.56. The summed E-state index contributed by atoms with van der Waals surface area (Å²) in [6.45, 7) is 2.98. The molecule has 0 spiro atoms. The van der Waals surface area contributed by atoms with Gasteiger partial charge in [0.05, 0.1) is 0 Å². The molecular formula is C16H18FNO2. The number of phenolic OH excluding ortho intramolecular Hbond substituents is 1. The summed E-state index contributed by atoms with van der Waals surface area (Å²) < 4.78 is 18.7. The van der Waals surface area contributed by atoms with Crippen LogP contribution in [0.25, 0.3) is 0 Å². The monoisotopic (exact) mass is 275 g/mol. The van der Waals surface area contributed by atoms with Crippen LogP contribution in [-0.2, 0) is 0 Å². The average Bonchev–Trinajstić information content (AvgIpc) is 2.47. The molecule has 0 saturated heterocycles. The minimum atomic E-state index is -0.355. The van der Waals surface area contributed by atoms with Crippen molar-refractivity contribution in [2.75, 3.05) is 13.2 Å². The number of rotatable bonds is 6. The van der Waals surface area contributed by atoms with E-state index in [-0.39, 0.29) is 17.6 Å². The number of aromatic hydroxyl groups is 1. The lowest BCUT2D eigenvalue weighted by Crippen LogP contribution is -2.24. The molecule has 20 heavy (non-hydrogen) atoms. The van der Waals surface area contributed by atoms with Gasteiger partial charge in [0.1, 0.15) is 23.9 Å². The lowest BCUT2D eigenvalue weighted by molar-refractivity contribution is 0.306. The van der Waals surface area contributed by atoms with Gasteiger partial charge in [-0.15, -0.1) is 0 Å². The lowest BCUT2D eigenvalue weighted by atomic mass is 10.1. The molecule has 2 N–H and O–H groups in total. The van der Waals surface area contributed by atoms with Crippen molar-refractivity contribution < 1.29 is 14.2 Å². The highest BCUT2D eigenvalue weighted by Gasteiger charge is 2.10. The Labute approximate surface area is 118 Å². The maximum Gasteiger partial charge on any atom is 0.123 e. The smallest absolute Gasteiger partial charge is 0.123 e. The highest BCUT2D eigenvalue weighted by molar-refractivity contribution is 5.34. The molecule has 0 radical (unpaired) electrons. The predicted molar refractivity (Wildman–Crippen MR) is 76.4 cm³/mol. The number of ether oxygens (including phenoxy) is 1. The number of hydrogen-bond donors (Lipinski definition) is 2. The number of hydrogen-bond acceptors (Lipinski definition) is 3. The number of benzene rings is 2. The number of nitrogens with one attached hydrogen (secondary N) is 1. The second kappa shape index (κ2) is 6.91. The topological polar surface area (TPSA) is 41.5 Å². The fourth-order valence-corrected chi connectivity index (χ4v) is 1.94. The summed E-state index contributed by atoms with van der Waals surface area (Å²) in [5, 5.41) is 12.9. The Bertz CT molecular complexity index is 545. The van der Waals surface area contributed by atoms with E-state index in [9.17, 15) is 9.50 Å². The summed E-state index contributed by atoms with van der Waals surface area (Å²) in [4.78, 5) is 0. The Hall–Kier alpha value is -2.07. The Balaban J connectivity index is 1.80. The molecule has 2 rings (SSSR count). The third kappa shape index (κ3) is 3.96. The molecule has 2 aromatic rings. The largest absolute Gasteiger partial charge is 0.508 e. The standard InChI is InChI=1S/C16H18FNO2/c1-12(15-11-13(17)7-8-16(15)19)18-9-10-20-14-5-3-2-4-6-14/h2-8,11-12,18-19H,9-10H2,1H3. The summed E-state index contributed by atoms with van der Waals surface area (Å²) in [7, 11) is 0. The quantitative estimate of drug-likeness (QED) is 0.795. The van der Waals surface area contributed by atoms with Crippen molar-refractivity contribution >= 4 is 0 Å². The van der Waals surface area contributed by atoms with Crippen molar-refractivity contribution in [1.29, 1.82) is 0 Å². The summed E-state index contributed by atoms with van der Waals surface area (Å²) in [5.41, 5.74) is 0.546. The van der Waals surface area contributed by atoms with E-state index in [1.165, 1.54) is 18.2 Å². The summed E-state index contributed by atoms with van der Waals surface area (Å²) in [6, 6.07) is 13.3. The first-order valence-electron chi connectivity index (χ1n) is 6.56. The van der Waals surface area contributed by atoms with Crippen LogP contribution in [0.1, 0.15) is 18.5 Å². The molecule has 0 bridgehead atoms. The van der Waals surface area contributed by atoms with E-state index < -0.39 is 0 Å². The first-order chi connectivity index (χ1) is 9.66. The highest BCUT2D eigenvalue weighted by Crippen LogP contribution is 2.24. The Morgan fingerprint density at radius 3 is 2.70 bits per heavy atom. The lowest BCUT2D eigenvalue weighted by Gasteiger charge is -2.16. The first kappa shape index (κ1) is 14.3. The van der Waals surface area contributed by atoms with Gasteiger partial charge in [-0.2, -0.15) is 0 Å². The highest BCUT2D eigenvalue weighted by atomic mass is 19.1. The van der Waals surface area contributed by atoms with Crippen LogP contribution in [0.4, 0.5) is 4.39 Å². The fourth-order valence-electron chi connectivity index (χ4n) is 1.94. The normalized spacial score (nSPS) is 12.1. The molecular weight excluding hydrogens is 257 g/mol. The van der Waals surface area contributed by atoms with Crippen molar-refractivity contribution in [2.24, 2.45) is 0 Å². The summed E-state index contributed by atoms with van der Waals surface area (Å²) >= 11 is 0. The second-order valence-corrected chi connectivity index (χ2v) is 4.54. The number of phenols is 1. The van der Waals surface area contributed by atoms with Gasteiger partial charge in [-0.3, -0.25) is 0 Å². The van der Waals surface area contributed by atoms with E-state index in [2.05, 4.69) is 5.32 Å². The van der Waals surface area contributed by atoms with Gasteiger partial charge < -0.3 is 15.2 Å². The van der Waals surface area contributed by atoms with Crippen LogP contribution in [0.5, 0.6) is 11.5 Å². The van der Waals surface area contributed by atoms with Crippen molar-refractivity contribution in [2.45, 2.75) is 13.0 Å². The molecule has 2 aromatic carbocycles. The maximum absolute atomic E-state index is 13.2. The molecule has 0 aromatic heterocycles. The molecule has 0 aliphatic heterocycles. The molecule has 3 nitrogen and oxygen atoms in total. The maximum atomic E-state index is 13.2. The van der Waals surface area contributed by atoms with E-state index in [1.807, 2.05) is 37.3 Å². The average molecular weight is 275 g/mol. The van der Waals surface area contributed by atoms with Gasteiger partial charge in [-0.1, -0.05) is 18.2 Å². The summed E-state index contributed by atoms with van der Waals surface area (Å²) in [6.07, 6.45) is 0. The van der Waals surface area contributed by atoms with Crippen molar-refractivity contribution in [3.05, 3.63) is 59.9 Å². The van der Waals surface area contributed by atoms with Gasteiger partial charge >= 0.3 is 0 Å². The Kier molecular flexibility index (Phi) is 4.96. The molecule has 0 heterocycles. The molecule has 1 atom stereocenters. The molecule has 1 unspecified atom stereocenters. The molecule has 0 saturated carbocycles. The van der Waals surface area contributed by atoms with Gasteiger partial charge in [0.25, 0.3) is 0 Å². The van der Waals surface area contributed by atoms with Gasteiger partial charge in [-0.25, -0.2) is 4.39 Å². The SMILES string of the molecule is CC(NCCOc1ccccc1)c1cc(F)ccc1O. The minimum Gasteiger partial charge on any atom is -0.508 e. The molecule has 0 aliphatic rings. The third-order valence-electron chi connectivity index (χ3n) is 3.02. The second-order valence-electron chi connectivity index (χ2n) is 4.54. The zero-order chi connectivity index (χ0) is 14.4. The number of halogens is 1. The Morgan fingerprint density at radius 1 is 1.20 bits per heavy atom.